The fraction of sp³-hybridized carbons (Fsp3) is 0.500. The van der Waals surface area contributed by atoms with E-state index in [1.165, 1.54) is 0 Å². The molecule has 0 spiro atoms. The predicted molar refractivity (Wildman–Crippen MR) is 75.9 cm³/mol. The van der Waals surface area contributed by atoms with Gasteiger partial charge in [-0.05, 0) is 30.9 Å². The number of sulfone groups is 1. The van der Waals surface area contributed by atoms with Gasteiger partial charge in [-0.3, -0.25) is 4.79 Å². The van der Waals surface area contributed by atoms with Crippen molar-refractivity contribution >= 4 is 21.4 Å². The largest absolute Gasteiger partial charge is 0.325 e. The van der Waals surface area contributed by atoms with E-state index in [2.05, 4.69) is 5.32 Å². The standard InChI is InChI=1S/C14H19NO3S/c1-3-11-6-4-5-10(2)13(11)15-14(16)12-7-8-19(17,18)9-12/h4-6,12H,3,7-9H2,1-2H3,(H,15,16)/t12-/m1/s1. The molecule has 1 heterocycles. The van der Waals surface area contributed by atoms with Gasteiger partial charge in [0.2, 0.25) is 5.91 Å². The molecule has 1 aliphatic heterocycles. The Bertz CT molecular complexity index is 593. The molecular formula is C14H19NO3S. The van der Waals surface area contributed by atoms with Gasteiger partial charge in [0.15, 0.2) is 9.84 Å². The molecule has 104 valence electrons. The lowest BCUT2D eigenvalue weighted by Crippen LogP contribution is -2.24. The molecule has 2 rings (SSSR count). The van der Waals surface area contributed by atoms with Crippen LogP contribution in [0.5, 0.6) is 0 Å². The van der Waals surface area contributed by atoms with Gasteiger partial charge >= 0.3 is 0 Å². The van der Waals surface area contributed by atoms with Crippen LogP contribution in [0, 0.1) is 12.8 Å². The first-order valence-electron chi connectivity index (χ1n) is 6.52. The highest BCUT2D eigenvalue weighted by molar-refractivity contribution is 7.91. The van der Waals surface area contributed by atoms with Gasteiger partial charge in [0.25, 0.3) is 0 Å². The number of nitrogens with one attached hydrogen (secondary N) is 1. The molecule has 1 aromatic carbocycles. The van der Waals surface area contributed by atoms with Crippen LogP contribution >= 0.6 is 0 Å². The van der Waals surface area contributed by atoms with E-state index >= 15 is 0 Å². The van der Waals surface area contributed by atoms with Crippen molar-refractivity contribution < 1.29 is 13.2 Å². The van der Waals surface area contributed by atoms with Gasteiger partial charge in [-0.15, -0.1) is 0 Å². The summed E-state index contributed by atoms with van der Waals surface area (Å²) in [5.41, 5.74) is 2.92. The summed E-state index contributed by atoms with van der Waals surface area (Å²) >= 11 is 0. The molecule has 19 heavy (non-hydrogen) atoms. The van der Waals surface area contributed by atoms with Crippen LogP contribution in [0.3, 0.4) is 0 Å². The minimum atomic E-state index is -3.02. The third kappa shape index (κ3) is 3.15. The van der Waals surface area contributed by atoms with Crippen LogP contribution in [0.1, 0.15) is 24.5 Å². The van der Waals surface area contributed by atoms with Gasteiger partial charge in [0.05, 0.1) is 17.4 Å². The fourth-order valence-corrected chi connectivity index (χ4v) is 4.17. The summed E-state index contributed by atoms with van der Waals surface area (Å²) in [6.07, 6.45) is 1.27. The number of para-hydroxylation sites is 1. The second-order valence-corrected chi connectivity index (χ2v) is 7.28. The smallest absolute Gasteiger partial charge is 0.228 e. The van der Waals surface area contributed by atoms with Gasteiger partial charge in [-0.1, -0.05) is 25.1 Å². The predicted octanol–water partition coefficient (Wildman–Crippen LogP) is 1.93. The van der Waals surface area contributed by atoms with Crippen molar-refractivity contribution in [3.05, 3.63) is 29.3 Å². The van der Waals surface area contributed by atoms with Gasteiger partial charge in [-0.25, -0.2) is 8.42 Å². The van der Waals surface area contributed by atoms with Crippen LogP contribution in [0.2, 0.25) is 0 Å². The molecule has 4 nitrogen and oxygen atoms in total. The van der Waals surface area contributed by atoms with Crippen LogP contribution in [-0.4, -0.2) is 25.8 Å². The molecule has 0 bridgehead atoms. The Labute approximate surface area is 114 Å². The number of carbonyl (C=O) groups is 1. The quantitative estimate of drug-likeness (QED) is 0.920. The van der Waals surface area contributed by atoms with E-state index in [9.17, 15) is 13.2 Å². The second kappa shape index (κ2) is 5.33. The van der Waals surface area contributed by atoms with E-state index in [4.69, 9.17) is 0 Å². The van der Waals surface area contributed by atoms with Crippen molar-refractivity contribution in [3.8, 4) is 0 Å². The molecule has 1 fully saturated rings. The third-order valence-corrected chi connectivity index (χ3v) is 5.36. The highest BCUT2D eigenvalue weighted by Gasteiger charge is 2.33. The molecule has 0 radical (unpaired) electrons. The Hall–Kier alpha value is -1.36. The van der Waals surface area contributed by atoms with E-state index in [-0.39, 0.29) is 17.4 Å². The SMILES string of the molecule is CCc1cccc(C)c1NC(=O)[C@@H]1CCS(=O)(=O)C1. The van der Waals surface area contributed by atoms with Crippen molar-refractivity contribution in [2.45, 2.75) is 26.7 Å². The van der Waals surface area contributed by atoms with Crippen LogP contribution in [0.25, 0.3) is 0 Å². The molecule has 1 aliphatic rings. The minimum Gasteiger partial charge on any atom is -0.325 e. The van der Waals surface area contributed by atoms with Crippen molar-refractivity contribution in [2.24, 2.45) is 5.92 Å². The maximum absolute atomic E-state index is 12.1. The molecule has 1 saturated heterocycles. The summed E-state index contributed by atoms with van der Waals surface area (Å²) < 4.78 is 22.8. The third-order valence-electron chi connectivity index (χ3n) is 3.59. The lowest BCUT2D eigenvalue weighted by molar-refractivity contribution is -0.119. The van der Waals surface area contributed by atoms with Crippen LogP contribution in [0.4, 0.5) is 5.69 Å². The van der Waals surface area contributed by atoms with Gasteiger partial charge in [0, 0.05) is 5.69 Å². The zero-order chi connectivity index (χ0) is 14.0. The number of carbonyl (C=O) groups excluding carboxylic acids is 1. The number of rotatable bonds is 3. The number of benzene rings is 1. The van der Waals surface area contributed by atoms with E-state index in [0.29, 0.717) is 6.42 Å². The van der Waals surface area contributed by atoms with Gasteiger partial charge < -0.3 is 5.32 Å². The van der Waals surface area contributed by atoms with Crippen LogP contribution in [-0.2, 0) is 21.1 Å². The fourth-order valence-electron chi connectivity index (χ4n) is 2.43. The number of aryl methyl sites for hydroxylation is 2. The molecule has 1 aromatic rings. The Morgan fingerprint density at radius 2 is 2.16 bits per heavy atom. The number of amides is 1. The molecule has 5 heteroatoms. The molecule has 0 saturated carbocycles. The summed E-state index contributed by atoms with van der Waals surface area (Å²) in [7, 11) is -3.02. The van der Waals surface area contributed by atoms with E-state index in [0.717, 1.165) is 23.2 Å². The number of anilines is 1. The normalized spacial score (nSPS) is 21.3. The lowest BCUT2D eigenvalue weighted by Gasteiger charge is -2.15. The molecule has 1 atom stereocenters. The zero-order valence-electron chi connectivity index (χ0n) is 11.3. The molecular weight excluding hydrogens is 262 g/mol. The number of hydrogen-bond donors (Lipinski definition) is 1. The molecule has 0 aromatic heterocycles. The van der Waals surface area contributed by atoms with Crippen LogP contribution < -0.4 is 5.32 Å². The first kappa shape index (κ1) is 14.1. The van der Waals surface area contributed by atoms with Crippen molar-refractivity contribution in [3.63, 3.8) is 0 Å². The van der Waals surface area contributed by atoms with Gasteiger partial charge in [0.1, 0.15) is 0 Å². The Kier molecular flexibility index (Phi) is 3.94. The first-order valence-corrected chi connectivity index (χ1v) is 8.35. The van der Waals surface area contributed by atoms with Crippen LogP contribution in [0.15, 0.2) is 18.2 Å². The van der Waals surface area contributed by atoms with E-state index in [1.807, 2.05) is 32.0 Å². The van der Waals surface area contributed by atoms with Crippen molar-refractivity contribution in [1.29, 1.82) is 0 Å². The Balaban J connectivity index is 2.16. The van der Waals surface area contributed by atoms with Gasteiger partial charge in [-0.2, -0.15) is 0 Å². The Morgan fingerprint density at radius 1 is 1.42 bits per heavy atom. The molecule has 0 unspecified atom stereocenters. The average molecular weight is 281 g/mol. The number of hydrogen-bond acceptors (Lipinski definition) is 3. The summed E-state index contributed by atoms with van der Waals surface area (Å²) in [6, 6.07) is 5.89. The Morgan fingerprint density at radius 3 is 2.74 bits per heavy atom. The molecule has 0 aliphatic carbocycles. The summed E-state index contributed by atoms with van der Waals surface area (Å²) in [5.74, 6) is -0.481. The monoisotopic (exact) mass is 281 g/mol. The topological polar surface area (TPSA) is 63.2 Å². The maximum atomic E-state index is 12.1. The maximum Gasteiger partial charge on any atom is 0.228 e. The highest BCUT2D eigenvalue weighted by Crippen LogP contribution is 2.24. The van der Waals surface area contributed by atoms with Crippen molar-refractivity contribution in [1.82, 2.24) is 0 Å². The molecule has 1 amide bonds. The zero-order valence-corrected chi connectivity index (χ0v) is 12.1. The van der Waals surface area contributed by atoms with E-state index in [1.54, 1.807) is 0 Å². The summed E-state index contributed by atoms with van der Waals surface area (Å²) in [6.45, 7) is 3.98. The highest BCUT2D eigenvalue weighted by atomic mass is 32.2. The van der Waals surface area contributed by atoms with Crippen molar-refractivity contribution in [2.75, 3.05) is 16.8 Å². The minimum absolute atomic E-state index is 0.0217. The summed E-state index contributed by atoms with van der Waals surface area (Å²) in [4.78, 5) is 12.1. The lowest BCUT2D eigenvalue weighted by atomic mass is 10.0. The first-order chi connectivity index (χ1) is 8.93. The van der Waals surface area contributed by atoms with E-state index < -0.39 is 15.8 Å². The summed E-state index contributed by atoms with van der Waals surface area (Å²) in [5, 5.41) is 2.91. The second-order valence-electron chi connectivity index (χ2n) is 5.05. The average Bonchev–Trinajstić information content (AvgIpc) is 2.72. The molecule has 1 N–H and O–H groups in total.